The van der Waals surface area contributed by atoms with E-state index in [-0.39, 0.29) is 5.95 Å². The fraction of sp³-hybridized carbons (Fsp3) is 0.100. The lowest BCUT2D eigenvalue weighted by Gasteiger charge is -2.22. The smallest absolute Gasteiger partial charge is 0.221 e. The summed E-state index contributed by atoms with van der Waals surface area (Å²) in [7, 11) is 0. The standard InChI is InChI=1S/C20H15Cl2N3O/c21-16-7-3-1-5-12(16)9-13-10-26-11-15-18(13)24-20(23)25-19(15)14-6-2-4-8-17(14)22/h1-9H,10-11H2,(H2,23,24,25)/b13-9-. The Bertz CT molecular complexity index is 1020. The normalized spacial score (nSPS) is 15.1. The number of ether oxygens (including phenoxy) is 1. The minimum atomic E-state index is 0.200. The summed E-state index contributed by atoms with van der Waals surface area (Å²) in [4.78, 5) is 8.89. The van der Waals surface area contributed by atoms with Gasteiger partial charge in [0.05, 0.1) is 24.6 Å². The number of aromatic nitrogens is 2. The molecule has 0 spiro atoms. The Morgan fingerprint density at radius 1 is 0.885 bits per heavy atom. The number of benzene rings is 2. The van der Waals surface area contributed by atoms with E-state index in [2.05, 4.69) is 9.97 Å². The third-order valence-electron chi connectivity index (χ3n) is 4.20. The minimum Gasteiger partial charge on any atom is -0.372 e. The van der Waals surface area contributed by atoms with Crippen LogP contribution in [0.2, 0.25) is 10.0 Å². The van der Waals surface area contributed by atoms with Crippen LogP contribution in [0.1, 0.15) is 16.8 Å². The molecule has 2 N–H and O–H groups in total. The molecule has 0 unspecified atom stereocenters. The predicted octanol–water partition coefficient (Wildman–Crippen LogP) is 5.10. The van der Waals surface area contributed by atoms with Crippen molar-refractivity contribution in [1.29, 1.82) is 0 Å². The zero-order valence-electron chi connectivity index (χ0n) is 13.7. The first-order chi connectivity index (χ1) is 12.6. The number of nitrogens with zero attached hydrogens (tertiary/aromatic N) is 2. The van der Waals surface area contributed by atoms with Crippen molar-refractivity contribution in [2.45, 2.75) is 6.61 Å². The second-order valence-electron chi connectivity index (χ2n) is 5.92. The van der Waals surface area contributed by atoms with Crippen molar-refractivity contribution in [1.82, 2.24) is 9.97 Å². The van der Waals surface area contributed by atoms with E-state index < -0.39 is 0 Å². The maximum Gasteiger partial charge on any atom is 0.221 e. The van der Waals surface area contributed by atoms with Crippen LogP contribution in [0.5, 0.6) is 0 Å². The van der Waals surface area contributed by atoms with Crippen molar-refractivity contribution >= 4 is 40.8 Å². The molecule has 4 nitrogen and oxygen atoms in total. The molecule has 0 saturated heterocycles. The number of nitrogen functional groups attached to an aromatic ring is 1. The Morgan fingerprint density at radius 2 is 1.58 bits per heavy atom. The SMILES string of the molecule is Nc1nc2c(c(-c3ccccc3Cl)n1)COC/C2=C/c1ccccc1Cl. The molecule has 0 radical (unpaired) electrons. The lowest BCUT2D eigenvalue weighted by Crippen LogP contribution is -2.15. The van der Waals surface area contributed by atoms with Crippen LogP contribution in [0.25, 0.3) is 22.9 Å². The van der Waals surface area contributed by atoms with Crippen LogP contribution in [-0.2, 0) is 11.3 Å². The number of hydrogen-bond acceptors (Lipinski definition) is 4. The van der Waals surface area contributed by atoms with Crippen molar-refractivity contribution in [2.24, 2.45) is 0 Å². The molecule has 26 heavy (non-hydrogen) atoms. The molecule has 1 aliphatic rings. The monoisotopic (exact) mass is 383 g/mol. The molecule has 1 aliphatic heterocycles. The van der Waals surface area contributed by atoms with Gasteiger partial charge in [-0.25, -0.2) is 9.97 Å². The van der Waals surface area contributed by atoms with Gasteiger partial charge in [-0.3, -0.25) is 0 Å². The van der Waals surface area contributed by atoms with Crippen molar-refractivity contribution in [2.75, 3.05) is 12.3 Å². The average Bonchev–Trinajstić information content (AvgIpc) is 2.64. The molecule has 2 aromatic carbocycles. The molecular formula is C20H15Cl2N3O. The van der Waals surface area contributed by atoms with Crippen LogP contribution in [0, 0.1) is 0 Å². The van der Waals surface area contributed by atoms with Crippen LogP contribution in [-0.4, -0.2) is 16.6 Å². The predicted molar refractivity (Wildman–Crippen MR) is 106 cm³/mol. The van der Waals surface area contributed by atoms with E-state index >= 15 is 0 Å². The highest BCUT2D eigenvalue weighted by molar-refractivity contribution is 6.33. The minimum absolute atomic E-state index is 0.200. The van der Waals surface area contributed by atoms with E-state index in [0.29, 0.717) is 29.0 Å². The lowest BCUT2D eigenvalue weighted by atomic mass is 9.97. The van der Waals surface area contributed by atoms with Crippen molar-refractivity contribution in [3.05, 3.63) is 75.4 Å². The maximum atomic E-state index is 6.37. The third kappa shape index (κ3) is 3.19. The number of hydrogen-bond donors (Lipinski definition) is 1. The molecule has 1 aromatic heterocycles. The van der Waals surface area contributed by atoms with Gasteiger partial charge in [0.1, 0.15) is 0 Å². The lowest BCUT2D eigenvalue weighted by molar-refractivity contribution is 0.146. The first kappa shape index (κ1) is 17.0. The van der Waals surface area contributed by atoms with Gasteiger partial charge in [-0.2, -0.15) is 0 Å². The fourth-order valence-corrected chi connectivity index (χ4v) is 3.42. The van der Waals surface area contributed by atoms with Crippen LogP contribution in [0.15, 0.2) is 48.5 Å². The van der Waals surface area contributed by atoms with Crippen molar-refractivity contribution in [3.63, 3.8) is 0 Å². The Kier molecular flexibility index (Phi) is 4.64. The number of nitrogens with two attached hydrogens (primary N) is 1. The highest BCUT2D eigenvalue weighted by Crippen LogP contribution is 2.36. The molecule has 2 heterocycles. The van der Waals surface area contributed by atoms with E-state index in [1.165, 1.54) is 0 Å². The highest BCUT2D eigenvalue weighted by Gasteiger charge is 2.23. The molecule has 0 bridgehead atoms. The van der Waals surface area contributed by atoms with Gasteiger partial charge in [0.2, 0.25) is 5.95 Å². The Morgan fingerprint density at radius 3 is 2.35 bits per heavy atom. The summed E-state index contributed by atoms with van der Waals surface area (Å²) in [6.07, 6.45) is 1.98. The highest BCUT2D eigenvalue weighted by atomic mass is 35.5. The summed E-state index contributed by atoms with van der Waals surface area (Å²) in [5.74, 6) is 0.200. The van der Waals surface area contributed by atoms with Crippen LogP contribution < -0.4 is 5.73 Å². The molecule has 0 saturated carbocycles. The van der Waals surface area contributed by atoms with Gasteiger partial charge in [-0.05, 0) is 23.8 Å². The number of halogens is 2. The topological polar surface area (TPSA) is 61.0 Å². The van der Waals surface area contributed by atoms with Gasteiger partial charge in [-0.15, -0.1) is 0 Å². The molecule has 130 valence electrons. The van der Waals surface area contributed by atoms with Crippen molar-refractivity contribution in [3.8, 4) is 11.3 Å². The van der Waals surface area contributed by atoms with E-state index in [0.717, 1.165) is 28.0 Å². The van der Waals surface area contributed by atoms with Gasteiger partial charge >= 0.3 is 0 Å². The summed E-state index contributed by atoms with van der Waals surface area (Å²) in [5, 5.41) is 1.27. The largest absolute Gasteiger partial charge is 0.372 e. The first-order valence-corrected chi connectivity index (χ1v) is 8.83. The van der Waals surface area contributed by atoms with E-state index in [1.807, 2.05) is 54.6 Å². The van der Waals surface area contributed by atoms with E-state index in [4.69, 9.17) is 33.7 Å². The molecular weight excluding hydrogens is 369 g/mol. The first-order valence-electron chi connectivity index (χ1n) is 8.08. The molecule has 0 fully saturated rings. The zero-order valence-corrected chi connectivity index (χ0v) is 15.3. The summed E-state index contributed by atoms with van der Waals surface area (Å²) >= 11 is 12.7. The van der Waals surface area contributed by atoms with Gasteiger partial charge < -0.3 is 10.5 Å². The molecule has 6 heteroatoms. The summed E-state index contributed by atoms with van der Waals surface area (Å²) in [6, 6.07) is 15.2. The molecule has 0 aliphatic carbocycles. The van der Waals surface area contributed by atoms with E-state index in [1.54, 1.807) is 0 Å². The van der Waals surface area contributed by atoms with Gasteiger partial charge in [0, 0.05) is 26.7 Å². The second-order valence-corrected chi connectivity index (χ2v) is 6.74. The third-order valence-corrected chi connectivity index (χ3v) is 4.87. The molecule has 4 rings (SSSR count). The number of anilines is 1. The second kappa shape index (κ2) is 7.08. The number of rotatable bonds is 2. The summed E-state index contributed by atoms with van der Waals surface area (Å²) < 4.78 is 5.79. The summed E-state index contributed by atoms with van der Waals surface area (Å²) in [6.45, 7) is 0.826. The molecule has 0 atom stereocenters. The maximum absolute atomic E-state index is 6.37. The van der Waals surface area contributed by atoms with Crippen LogP contribution in [0.4, 0.5) is 5.95 Å². The van der Waals surface area contributed by atoms with E-state index in [9.17, 15) is 0 Å². The van der Waals surface area contributed by atoms with Crippen LogP contribution in [0.3, 0.4) is 0 Å². The quantitative estimate of drug-likeness (QED) is 0.668. The van der Waals surface area contributed by atoms with Gasteiger partial charge in [0.15, 0.2) is 0 Å². The Hall–Kier alpha value is -2.40. The summed E-state index contributed by atoms with van der Waals surface area (Å²) in [5.41, 5.74) is 11.0. The van der Waals surface area contributed by atoms with Gasteiger partial charge in [-0.1, -0.05) is 59.6 Å². The fourth-order valence-electron chi connectivity index (χ4n) is 3.00. The zero-order chi connectivity index (χ0) is 18.1. The number of fused-ring (bicyclic) bond motifs is 1. The van der Waals surface area contributed by atoms with Gasteiger partial charge in [0.25, 0.3) is 0 Å². The Labute approximate surface area is 161 Å². The molecule has 3 aromatic rings. The average molecular weight is 384 g/mol. The molecule has 0 amide bonds. The van der Waals surface area contributed by atoms with Crippen molar-refractivity contribution < 1.29 is 4.74 Å². The Balaban J connectivity index is 1.90. The van der Waals surface area contributed by atoms with Crippen LogP contribution >= 0.6 is 23.2 Å².